The molecule has 1 aromatic rings. The molecular weight excluding hydrogens is 254 g/mol. The Morgan fingerprint density at radius 2 is 2.20 bits per heavy atom. The molecule has 2 rings (SSSR count). The molecule has 1 aliphatic carbocycles. The normalized spacial score (nSPS) is 17.8. The average Bonchev–Trinajstić information content (AvgIpc) is 3.26. The molecule has 0 aromatic heterocycles. The average molecular weight is 279 g/mol. The quantitative estimate of drug-likeness (QED) is 0.638. The largest absolute Gasteiger partial charge is 0.491 e. The van der Waals surface area contributed by atoms with Crippen LogP contribution in [0.4, 0.5) is 0 Å². The van der Waals surface area contributed by atoms with E-state index in [4.69, 9.17) is 4.74 Å². The van der Waals surface area contributed by atoms with Gasteiger partial charge in [-0.3, -0.25) is 0 Å². The van der Waals surface area contributed by atoms with Gasteiger partial charge in [-0.1, -0.05) is 19.1 Å². The Bertz CT molecular complexity index is 418. The standard InChI is InChI=1S/C16H25NO3/c1-2-13-4-3-5-15(8-13)20-10-14(19)9-17-11-16(12-18)6-7-16/h3-5,8,14,17-19H,2,6-7,9-12H2,1H3. The lowest BCUT2D eigenvalue weighted by atomic mass is 10.1. The summed E-state index contributed by atoms with van der Waals surface area (Å²) in [6.07, 6.45) is 2.60. The van der Waals surface area contributed by atoms with Crippen LogP contribution in [0.25, 0.3) is 0 Å². The van der Waals surface area contributed by atoms with Crippen LogP contribution in [0.15, 0.2) is 24.3 Å². The Morgan fingerprint density at radius 1 is 1.40 bits per heavy atom. The third kappa shape index (κ3) is 4.47. The van der Waals surface area contributed by atoms with Gasteiger partial charge in [0.2, 0.25) is 0 Å². The van der Waals surface area contributed by atoms with E-state index in [0.29, 0.717) is 6.54 Å². The molecule has 0 bridgehead atoms. The molecule has 0 radical (unpaired) electrons. The molecule has 1 fully saturated rings. The Hall–Kier alpha value is -1.10. The summed E-state index contributed by atoms with van der Waals surface area (Å²) in [7, 11) is 0. The van der Waals surface area contributed by atoms with Gasteiger partial charge in [0.05, 0.1) is 0 Å². The first kappa shape index (κ1) is 15.3. The van der Waals surface area contributed by atoms with Crippen LogP contribution in [0.3, 0.4) is 0 Å². The van der Waals surface area contributed by atoms with Gasteiger partial charge < -0.3 is 20.3 Å². The molecule has 1 atom stereocenters. The van der Waals surface area contributed by atoms with E-state index in [1.54, 1.807) is 0 Å². The summed E-state index contributed by atoms with van der Waals surface area (Å²) in [5, 5.41) is 22.3. The molecule has 1 aromatic carbocycles. The highest BCUT2D eigenvalue weighted by Crippen LogP contribution is 2.44. The number of aryl methyl sites for hydroxylation is 1. The number of rotatable bonds is 9. The van der Waals surface area contributed by atoms with E-state index in [0.717, 1.165) is 31.6 Å². The number of benzene rings is 1. The zero-order valence-corrected chi connectivity index (χ0v) is 12.1. The second kappa shape index (κ2) is 7.07. The zero-order valence-electron chi connectivity index (χ0n) is 12.1. The first-order chi connectivity index (χ1) is 9.67. The molecule has 112 valence electrons. The summed E-state index contributed by atoms with van der Waals surface area (Å²) in [6, 6.07) is 7.95. The predicted molar refractivity (Wildman–Crippen MR) is 78.9 cm³/mol. The summed E-state index contributed by atoms with van der Waals surface area (Å²) in [5.41, 5.74) is 1.31. The van der Waals surface area contributed by atoms with Gasteiger partial charge in [-0.25, -0.2) is 0 Å². The Kier molecular flexibility index (Phi) is 5.40. The van der Waals surface area contributed by atoms with Crippen LogP contribution in [-0.2, 0) is 6.42 Å². The van der Waals surface area contributed by atoms with Crippen molar-refractivity contribution in [1.82, 2.24) is 5.32 Å². The van der Waals surface area contributed by atoms with Crippen LogP contribution >= 0.6 is 0 Å². The summed E-state index contributed by atoms with van der Waals surface area (Å²) in [6.45, 7) is 3.89. The van der Waals surface area contributed by atoms with E-state index in [1.165, 1.54) is 5.56 Å². The summed E-state index contributed by atoms with van der Waals surface area (Å²) in [4.78, 5) is 0. The topological polar surface area (TPSA) is 61.7 Å². The molecule has 1 unspecified atom stereocenters. The first-order valence-corrected chi connectivity index (χ1v) is 7.39. The van der Waals surface area contributed by atoms with E-state index >= 15 is 0 Å². The smallest absolute Gasteiger partial charge is 0.119 e. The number of ether oxygens (including phenoxy) is 1. The molecule has 0 heterocycles. The van der Waals surface area contributed by atoms with Crippen molar-refractivity contribution in [2.75, 3.05) is 26.3 Å². The molecule has 1 aliphatic rings. The maximum absolute atomic E-state index is 9.88. The monoisotopic (exact) mass is 279 g/mol. The molecule has 0 saturated heterocycles. The first-order valence-electron chi connectivity index (χ1n) is 7.39. The van der Waals surface area contributed by atoms with E-state index in [2.05, 4.69) is 18.3 Å². The van der Waals surface area contributed by atoms with Crippen LogP contribution in [0.5, 0.6) is 5.75 Å². The third-order valence-corrected chi connectivity index (χ3v) is 3.92. The summed E-state index contributed by atoms with van der Waals surface area (Å²) in [5.74, 6) is 0.803. The van der Waals surface area contributed by atoms with Crippen molar-refractivity contribution in [3.05, 3.63) is 29.8 Å². The Morgan fingerprint density at radius 3 is 2.85 bits per heavy atom. The molecule has 20 heavy (non-hydrogen) atoms. The van der Waals surface area contributed by atoms with Gasteiger partial charge in [0.1, 0.15) is 18.5 Å². The van der Waals surface area contributed by atoms with Crippen molar-refractivity contribution in [2.24, 2.45) is 5.41 Å². The fourth-order valence-electron chi connectivity index (χ4n) is 2.18. The maximum Gasteiger partial charge on any atom is 0.119 e. The number of hydrogen-bond donors (Lipinski definition) is 3. The van der Waals surface area contributed by atoms with Gasteiger partial charge in [-0.05, 0) is 37.0 Å². The molecular formula is C16H25NO3. The highest BCUT2D eigenvalue weighted by atomic mass is 16.5. The SMILES string of the molecule is CCc1cccc(OCC(O)CNCC2(CO)CC2)c1. The molecule has 3 N–H and O–H groups in total. The number of nitrogens with one attached hydrogen (secondary N) is 1. The highest BCUT2D eigenvalue weighted by Gasteiger charge is 2.41. The van der Waals surface area contributed by atoms with Crippen molar-refractivity contribution >= 4 is 0 Å². The number of aliphatic hydroxyl groups excluding tert-OH is 2. The van der Waals surface area contributed by atoms with E-state index in [9.17, 15) is 10.2 Å². The lowest BCUT2D eigenvalue weighted by Crippen LogP contribution is -2.35. The van der Waals surface area contributed by atoms with E-state index < -0.39 is 6.10 Å². The van der Waals surface area contributed by atoms with Crippen molar-refractivity contribution in [3.63, 3.8) is 0 Å². The molecule has 0 amide bonds. The maximum atomic E-state index is 9.88. The van der Waals surface area contributed by atoms with Gasteiger partial charge in [-0.15, -0.1) is 0 Å². The van der Waals surface area contributed by atoms with Crippen LogP contribution in [0.2, 0.25) is 0 Å². The number of hydrogen-bond acceptors (Lipinski definition) is 4. The minimum atomic E-state index is -0.533. The van der Waals surface area contributed by atoms with Gasteiger partial charge in [0.15, 0.2) is 0 Å². The highest BCUT2D eigenvalue weighted by molar-refractivity contribution is 5.28. The minimum absolute atomic E-state index is 0.0794. The van der Waals surface area contributed by atoms with E-state index in [-0.39, 0.29) is 18.6 Å². The van der Waals surface area contributed by atoms with Gasteiger partial charge in [0.25, 0.3) is 0 Å². The van der Waals surface area contributed by atoms with Crippen LogP contribution in [-0.4, -0.2) is 42.6 Å². The fraction of sp³-hybridized carbons (Fsp3) is 0.625. The minimum Gasteiger partial charge on any atom is -0.491 e. The Balaban J connectivity index is 1.65. The summed E-state index contributed by atoms with van der Waals surface area (Å²) < 4.78 is 5.60. The van der Waals surface area contributed by atoms with Crippen LogP contribution < -0.4 is 10.1 Å². The molecule has 4 heteroatoms. The van der Waals surface area contributed by atoms with Gasteiger partial charge in [0, 0.05) is 25.1 Å². The third-order valence-electron chi connectivity index (χ3n) is 3.92. The van der Waals surface area contributed by atoms with Crippen LogP contribution in [0.1, 0.15) is 25.3 Å². The zero-order chi connectivity index (χ0) is 14.4. The van der Waals surface area contributed by atoms with E-state index in [1.807, 2.05) is 18.2 Å². The predicted octanol–water partition coefficient (Wildman–Crippen LogP) is 1.35. The fourth-order valence-corrected chi connectivity index (χ4v) is 2.18. The number of aliphatic hydroxyl groups is 2. The second-order valence-electron chi connectivity index (χ2n) is 5.75. The summed E-state index contributed by atoms with van der Waals surface area (Å²) >= 11 is 0. The lowest BCUT2D eigenvalue weighted by Gasteiger charge is -2.16. The lowest BCUT2D eigenvalue weighted by molar-refractivity contribution is 0.103. The van der Waals surface area contributed by atoms with Crippen molar-refractivity contribution in [2.45, 2.75) is 32.3 Å². The van der Waals surface area contributed by atoms with Crippen molar-refractivity contribution in [1.29, 1.82) is 0 Å². The van der Waals surface area contributed by atoms with Crippen LogP contribution in [0, 0.1) is 5.41 Å². The Labute approximate surface area is 120 Å². The molecule has 1 saturated carbocycles. The van der Waals surface area contributed by atoms with Gasteiger partial charge in [-0.2, -0.15) is 0 Å². The molecule has 0 spiro atoms. The molecule has 4 nitrogen and oxygen atoms in total. The van der Waals surface area contributed by atoms with Crippen molar-refractivity contribution in [3.8, 4) is 5.75 Å². The molecule has 0 aliphatic heterocycles. The van der Waals surface area contributed by atoms with Gasteiger partial charge >= 0.3 is 0 Å². The van der Waals surface area contributed by atoms with Crippen molar-refractivity contribution < 1.29 is 14.9 Å². The second-order valence-corrected chi connectivity index (χ2v) is 5.75.